The summed E-state index contributed by atoms with van der Waals surface area (Å²) in [4.78, 5) is 0. The molecule has 0 radical (unpaired) electrons. The summed E-state index contributed by atoms with van der Waals surface area (Å²) in [7, 11) is 0. The molecule has 0 unspecified atom stereocenters. The molecule has 1 aromatic heterocycles. The Labute approximate surface area is 112 Å². The van der Waals surface area contributed by atoms with E-state index in [0.29, 0.717) is 12.4 Å². The van der Waals surface area contributed by atoms with Gasteiger partial charge in [0, 0.05) is 12.1 Å². The quantitative estimate of drug-likeness (QED) is 0.867. The van der Waals surface area contributed by atoms with Gasteiger partial charge in [0.25, 0.3) is 0 Å². The van der Waals surface area contributed by atoms with E-state index in [1.54, 1.807) is 12.3 Å². The summed E-state index contributed by atoms with van der Waals surface area (Å²) in [6.07, 6.45) is 1.72. The first kappa shape index (κ1) is 13.6. The number of nitrogens with one attached hydrogen (secondary N) is 1. The lowest BCUT2D eigenvalue weighted by Crippen LogP contribution is -2.10. The van der Waals surface area contributed by atoms with Crippen LogP contribution in [0.3, 0.4) is 0 Å². The number of halogens is 1. The topological polar surface area (TPSA) is 34.4 Å². The Hall–Kier alpha value is -1.81. The minimum absolute atomic E-state index is 0.254. The predicted octanol–water partition coefficient (Wildman–Crippen LogP) is 3.42. The van der Waals surface area contributed by atoms with Crippen LogP contribution in [0.5, 0.6) is 5.75 Å². The smallest absolute Gasteiger partial charge is 0.146 e. The van der Waals surface area contributed by atoms with Gasteiger partial charge in [0.15, 0.2) is 0 Å². The van der Waals surface area contributed by atoms with Gasteiger partial charge in [-0.15, -0.1) is 0 Å². The molecule has 0 aliphatic rings. The standard InChI is InChI=1S/C15H18FNO2/c1-3-17-8-12-7-14(18-9-12)10-19-15-5-4-13(16)6-11(15)2/h4-7,9,17H,3,8,10H2,1-2H3. The van der Waals surface area contributed by atoms with E-state index < -0.39 is 0 Å². The molecule has 1 N–H and O–H groups in total. The van der Waals surface area contributed by atoms with E-state index in [-0.39, 0.29) is 5.82 Å². The molecule has 0 saturated carbocycles. The van der Waals surface area contributed by atoms with Crippen LogP contribution >= 0.6 is 0 Å². The molecular weight excluding hydrogens is 245 g/mol. The first-order valence-corrected chi connectivity index (χ1v) is 6.35. The van der Waals surface area contributed by atoms with Crippen molar-refractivity contribution in [1.29, 1.82) is 0 Å². The number of hydrogen-bond donors (Lipinski definition) is 1. The van der Waals surface area contributed by atoms with Crippen LogP contribution in [0, 0.1) is 12.7 Å². The van der Waals surface area contributed by atoms with E-state index in [2.05, 4.69) is 12.2 Å². The molecule has 0 fully saturated rings. The van der Waals surface area contributed by atoms with Crippen LogP contribution in [0.2, 0.25) is 0 Å². The Bertz CT molecular complexity index is 537. The maximum atomic E-state index is 13.0. The third-order valence-electron chi connectivity index (χ3n) is 2.79. The Morgan fingerprint density at radius 1 is 1.32 bits per heavy atom. The van der Waals surface area contributed by atoms with Crippen molar-refractivity contribution in [2.45, 2.75) is 27.0 Å². The van der Waals surface area contributed by atoms with Gasteiger partial charge in [-0.25, -0.2) is 4.39 Å². The average molecular weight is 263 g/mol. The maximum absolute atomic E-state index is 13.0. The summed E-state index contributed by atoms with van der Waals surface area (Å²) >= 11 is 0. The van der Waals surface area contributed by atoms with Crippen LogP contribution in [0.4, 0.5) is 4.39 Å². The van der Waals surface area contributed by atoms with Gasteiger partial charge in [-0.05, 0) is 43.3 Å². The van der Waals surface area contributed by atoms with Crippen molar-refractivity contribution >= 4 is 0 Å². The fourth-order valence-electron chi connectivity index (χ4n) is 1.79. The fraction of sp³-hybridized carbons (Fsp3) is 0.333. The van der Waals surface area contributed by atoms with Gasteiger partial charge in [-0.1, -0.05) is 6.92 Å². The van der Waals surface area contributed by atoms with Gasteiger partial charge < -0.3 is 14.5 Å². The number of hydrogen-bond acceptors (Lipinski definition) is 3. The van der Waals surface area contributed by atoms with Crippen molar-refractivity contribution in [1.82, 2.24) is 5.32 Å². The summed E-state index contributed by atoms with van der Waals surface area (Å²) in [6, 6.07) is 6.43. The van der Waals surface area contributed by atoms with E-state index >= 15 is 0 Å². The van der Waals surface area contributed by atoms with Gasteiger partial charge in [0.1, 0.15) is 23.9 Å². The molecule has 4 heteroatoms. The van der Waals surface area contributed by atoms with E-state index in [0.717, 1.165) is 30.0 Å². The zero-order valence-corrected chi connectivity index (χ0v) is 11.2. The SMILES string of the molecule is CCNCc1coc(COc2ccc(F)cc2C)c1. The lowest BCUT2D eigenvalue weighted by atomic mass is 10.2. The van der Waals surface area contributed by atoms with Gasteiger partial charge >= 0.3 is 0 Å². The molecule has 0 bridgehead atoms. The van der Waals surface area contributed by atoms with Crippen molar-refractivity contribution in [3.8, 4) is 5.75 Å². The predicted molar refractivity (Wildman–Crippen MR) is 71.6 cm³/mol. The Morgan fingerprint density at radius 2 is 2.16 bits per heavy atom. The van der Waals surface area contributed by atoms with Gasteiger partial charge in [0.05, 0.1) is 6.26 Å². The third kappa shape index (κ3) is 3.83. The highest BCUT2D eigenvalue weighted by Crippen LogP contribution is 2.20. The Kier molecular flexibility index (Phi) is 4.58. The number of furan rings is 1. The number of rotatable bonds is 6. The van der Waals surface area contributed by atoms with Crippen LogP contribution in [-0.4, -0.2) is 6.54 Å². The highest BCUT2D eigenvalue weighted by Gasteiger charge is 2.05. The van der Waals surface area contributed by atoms with E-state index in [1.165, 1.54) is 12.1 Å². The van der Waals surface area contributed by atoms with Crippen LogP contribution in [0.25, 0.3) is 0 Å². The monoisotopic (exact) mass is 263 g/mol. The van der Waals surface area contributed by atoms with Crippen molar-refractivity contribution in [3.05, 3.63) is 53.2 Å². The van der Waals surface area contributed by atoms with Crippen molar-refractivity contribution < 1.29 is 13.5 Å². The molecule has 0 aliphatic carbocycles. The minimum Gasteiger partial charge on any atom is -0.485 e. The zero-order valence-electron chi connectivity index (χ0n) is 11.2. The molecule has 0 spiro atoms. The maximum Gasteiger partial charge on any atom is 0.146 e. The highest BCUT2D eigenvalue weighted by molar-refractivity contribution is 5.32. The van der Waals surface area contributed by atoms with Crippen LogP contribution in [-0.2, 0) is 13.2 Å². The van der Waals surface area contributed by atoms with E-state index in [9.17, 15) is 4.39 Å². The summed E-state index contributed by atoms with van der Waals surface area (Å²) in [5.41, 5.74) is 1.87. The van der Waals surface area contributed by atoms with Gasteiger partial charge in [-0.2, -0.15) is 0 Å². The molecule has 102 valence electrons. The summed E-state index contributed by atoms with van der Waals surface area (Å²) < 4.78 is 24.0. The normalized spacial score (nSPS) is 10.7. The number of benzene rings is 1. The fourth-order valence-corrected chi connectivity index (χ4v) is 1.79. The molecule has 0 saturated heterocycles. The third-order valence-corrected chi connectivity index (χ3v) is 2.79. The van der Waals surface area contributed by atoms with E-state index in [1.807, 2.05) is 13.0 Å². The second kappa shape index (κ2) is 6.38. The summed E-state index contributed by atoms with van der Waals surface area (Å²) in [5.74, 6) is 1.18. The molecular formula is C15H18FNO2. The lowest BCUT2D eigenvalue weighted by Gasteiger charge is -2.07. The van der Waals surface area contributed by atoms with Crippen LogP contribution in [0.1, 0.15) is 23.8 Å². The number of aryl methyl sites for hydroxylation is 1. The molecule has 3 nitrogen and oxygen atoms in total. The lowest BCUT2D eigenvalue weighted by molar-refractivity contribution is 0.268. The molecule has 2 rings (SSSR count). The molecule has 0 amide bonds. The first-order valence-electron chi connectivity index (χ1n) is 6.35. The Balaban J connectivity index is 1.92. The van der Waals surface area contributed by atoms with Crippen molar-refractivity contribution in [2.24, 2.45) is 0 Å². The molecule has 0 atom stereocenters. The summed E-state index contributed by atoms with van der Waals surface area (Å²) in [6.45, 7) is 5.93. The second-order valence-electron chi connectivity index (χ2n) is 4.40. The Morgan fingerprint density at radius 3 is 2.89 bits per heavy atom. The first-order chi connectivity index (χ1) is 9.19. The highest BCUT2D eigenvalue weighted by atomic mass is 19.1. The minimum atomic E-state index is -0.254. The molecule has 1 heterocycles. The van der Waals surface area contributed by atoms with Crippen molar-refractivity contribution in [2.75, 3.05) is 6.54 Å². The van der Waals surface area contributed by atoms with Crippen LogP contribution in [0.15, 0.2) is 34.9 Å². The van der Waals surface area contributed by atoms with Gasteiger partial charge in [-0.3, -0.25) is 0 Å². The summed E-state index contributed by atoms with van der Waals surface area (Å²) in [5, 5.41) is 3.22. The molecule has 1 aromatic carbocycles. The van der Waals surface area contributed by atoms with Crippen LogP contribution < -0.4 is 10.1 Å². The van der Waals surface area contributed by atoms with E-state index in [4.69, 9.17) is 9.15 Å². The molecule has 19 heavy (non-hydrogen) atoms. The van der Waals surface area contributed by atoms with Gasteiger partial charge in [0.2, 0.25) is 0 Å². The van der Waals surface area contributed by atoms with Crippen molar-refractivity contribution in [3.63, 3.8) is 0 Å². The zero-order chi connectivity index (χ0) is 13.7. The average Bonchev–Trinajstić information content (AvgIpc) is 2.83. The molecule has 2 aromatic rings. The number of ether oxygens (including phenoxy) is 1. The second-order valence-corrected chi connectivity index (χ2v) is 4.40. The largest absolute Gasteiger partial charge is 0.485 e. The molecule has 0 aliphatic heterocycles.